The second-order valence-electron chi connectivity index (χ2n) is 6.72. The highest BCUT2D eigenvalue weighted by atomic mass is 32.1. The molecule has 0 aliphatic carbocycles. The lowest BCUT2D eigenvalue weighted by molar-refractivity contribution is -0.146. The van der Waals surface area contributed by atoms with E-state index in [1.54, 1.807) is 40.8 Å². The Bertz CT molecular complexity index is 980. The Balaban J connectivity index is 1.32. The number of rotatable bonds is 5. The fourth-order valence-electron chi connectivity index (χ4n) is 3.10. The minimum Gasteiger partial charge on any atom is -0.354 e. The number of aromatic nitrogens is 4. The van der Waals surface area contributed by atoms with Crippen molar-refractivity contribution in [2.75, 3.05) is 42.9 Å². The summed E-state index contributed by atoms with van der Waals surface area (Å²) >= 11 is 1.22. The fourth-order valence-corrected chi connectivity index (χ4v) is 3.80. The molecule has 1 N–H and O–H groups in total. The largest absolute Gasteiger partial charge is 0.401 e. The third-order valence-electron chi connectivity index (χ3n) is 4.56. The molecular formula is C18H18F3N7OS. The average Bonchev–Trinajstić information content (AvgIpc) is 3.40. The standard InChI is InChI=1S/C18H18F3N7OS/c19-18(20,21)11-26-5-7-27(8-6-26)14-2-1-13(9-23-14)24-16(29)17-25-15(10-30-17)28-4-3-22-12-28/h1-4,9-10,12H,5-8,11H2,(H,24,29). The topological polar surface area (TPSA) is 79.2 Å². The Morgan fingerprint density at radius 1 is 1.17 bits per heavy atom. The van der Waals surface area contributed by atoms with Crippen LogP contribution in [-0.4, -0.2) is 69.2 Å². The zero-order valence-electron chi connectivity index (χ0n) is 15.7. The van der Waals surface area contributed by atoms with Gasteiger partial charge in [-0.3, -0.25) is 14.3 Å². The van der Waals surface area contributed by atoms with E-state index in [0.717, 1.165) is 0 Å². The number of nitrogens with zero attached hydrogens (tertiary/aromatic N) is 6. The molecule has 0 spiro atoms. The molecule has 0 aromatic carbocycles. The van der Waals surface area contributed by atoms with E-state index in [9.17, 15) is 18.0 Å². The highest BCUT2D eigenvalue weighted by Gasteiger charge is 2.32. The van der Waals surface area contributed by atoms with Crippen molar-refractivity contribution >= 4 is 28.7 Å². The van der Waals surface area contributed by atoms with Crippen LogP contribution in [0, 0.1) is 0 Å². The van der Waals surface area contributed by atoms with Crippen molar-refractivity contribution in [2.24, 2.45) is 0 Å². The molecule has 1 aliphatic heterocycles. The number of amides is 1. The SMILES string of the molecule is O=C(Nc1ccc(N2CCN(CC(F)(F)F)CC2)nc1)c1nc(-n2ccnc2)cs1. The molecule has 12 heteroatoms. The summed E-state index contributed by atoms with van der Waals surface area (Å²) < 4.78 is 39.2. The lowest BCUT2D eigenvalue weighted by Gasteiger charge is -2.35. The van der Waals surface area contributed by atoms with Crippen molar-refractivity contribution in [1.29, 1.82) is 0 Å². The first-order valence-electron chi connectivity index (χ1n) is 9.13. The van der Waals surface area contributed by atoms with Gasteiger partial charge < -0.3 is 10.2 Å². The number of imidazole rings is 1. The molecule has 1 fully saturated rings. The molecule has 8 nitrogen and oxygen atoms in total. The summed E-state index contributed by atoms with van der Waals surface area (Å²) in [6, 6.07) is 3.46. The molecule has 0 radical (unpaired) electrons. The number of thiazole rings is 1. The minimum atomic E-state index is -4.18. The Hall–Kier alpha value is -2.99. The van der Waals surface area contributed by atoms with E-state index in [4.69, 9.17) is 0 Å². The van der Waals surface area contributed by atoms with Crippen LogP contribution in [0.15, 0.2) is 42.4 Å². The number of carbonyl (C=O) groups excluding carboxylic acids is 1. The predicted molar refractivity (Wildman–Crippen MR) is 106 cm³/mol. The molecule has 3 aromatic rings. The van der Waals surface area contributed by atoms with Gasteiger partial charge in [-0.05, 0) is 12.1 Å². The number of nitrogens with one attached hydrogen (secondary N) is 1. The van der Waals surface area contributed by atoms with Gasteiger partial charge in [0.05, 0.1) is 18.4 Å². The van der Waals surface area contributed by atoms with Crippen LogP contribution < -0.4 is 10.2 Å². The van der Waals surface area contributed by atoms with Gasteiger partial charge >= 0.3 is 6.18 Å². The van der Waals surface area contributed by atoms with Crippen LogP contribution >= 0.6 is 11.3 Å². The van der Waals surface area contributed by atoms with Crippen molar-refractivity contribution in [3.05, 3.63) is 47.4 Å². The Morgan fingerprint density at radius 3 is 2.60 bits per heavy atom. The highest BCUT2D eigenvalue weighted by Crippen LogP contribution is 2.21. The first-order valence-corrected chi connectivity index (χ1v) is 10.0. The van der Waals surface area contributed by atoms with Gasteiger partial charge in [-0.1, -0.05) is 0 Å². The average molecular weight is 437 g/mol. The maximum absolute atomic E-state index is 12.5. The zero-order chi connectivity index (χ0) is 21.1. The van der Waals surface area contributed by atoms with Crippen molar-refractivity contribution in [1.82, 2.24) is 24.4 Å². The van der Waals surface area contributed by atoms with Gasteiger partial charge in [0.1, 0.15) is 18.0 Å². The molecule has 0 bridgehead atoms. The monoisotopic (exact) mass is 437 g/mol. The number of alkyl halides is 3. The summed E-state index contributed by atoms with van der Waals surface area (Å²) in [7, 11) is 0. The lowest BCUT2D eigenvalue weighted by Crippen LogP contribution is -2.49. The number of anilines is 2. The Morgan fingerprint density at radius 2 is 1.97 bits per heavy atom. The number of hydrogen-bond donors (Lipinski definition) is 1. The fraction of sp³-hybridized carbons (Fsp3) is 0.333. The molecule has 4 heterocycles. The van der Waals surface area contributed by atoms with Crippen LogP contribution in [-0.2, 0) is 0 Å². The zero-order valence-corrected chi connectivity index (χ0v) is 16.5. The summed E-state index contributed by atoms with van der Waals surface area (Å²) in [4.78, 5) is 28.3. The second kappa shape index (κ2) is 8.40. The number of halogens is 3. The quantitative estimate of drug-likeness (QED) is 0.661. The van der Waals surface area contributed by atoms with Crippen LogP contribution in [0.2, 0.25) is 0 Å². The van der Waals surface area contributed by atoms with Crippen molar-refractivity contribution < 1.29 is 18.0 Å². The van der Waals surface area contributed by atoms with Crippen molar-refractivity contribution in [3.63, 3.8) is 0 Å². The van der Waals surface area contributed by atoms with Gasteiger partial charge in [0.2, 0.25) is 0 Å². The van der Waals surface area contributed by atoms with Crippen LogP contribution in [0.1, 0.15) is 9.80 Å². The summed E-state index contributed by atoms with van der Waals surface area (Å²) in [6.45, 7) is 0.681. The van der Waals surface area contributed by atoms with Gasteiger partial charge in [-0.15, -0.1) is 11.3 Å². The van der Waals surface area contributed by atoms with Crippen LogP contribution in [0.25, 0.3) is 5.82 Å². The van der Waals surface area contributed by atoms with E-state index >= 15 is 0 Å². The molecular weight excluding hydrogens is 419 g/mol. The normalized spacial score (nSPS) is 15.4. The second-order valence-corrected chi connectivity index (χ2v) is 7.58. The van der Waals surface area contributed by atoms with E-state index < -0.39 is 12.7 Å². The molecule has 4 rings (SSSR count). The lowest BCUT2D eigenvalue weighted by atomic mass is 10.3. The van der Waals surface area contributed by atoms with Gasteiger partial charge in [0.25, 0.3) is 5.91 Å². The number of carbonyl (C=O) groups is 1. The first-order chi connectivity index (χ1) is 14.4. The Labute approximate surface area is 174 Å². The predicted octanol–water partition coefficient (Wildman–Crippen LogP) is 2.66. The van der Waals surface area contributed by atoms with Crippen LogP contribution in [0.4, 0.5) is 24.7 Å². The molecule has 0 unspecified atom stereocenters. The van der Waals surface area contributed by atoms with E-state index in [1.807, 2.05) is 4.90 Å². The molecule has 30 heavy (non-hydrogen) atoms. The smallest absolute Gasteiger partial charge is 0.354 e. The first kappa shape index (κ1) is 20.3. The van der Waals surface area contributed by atoms with E-state index in [1.165, 1.54) is 22.4 Å². The molecule has 0 atom stereocenters. The van der Waals surface area contributed by atoms with Gasteiger partial charge in [0, 0.05) is 44.0 Å². The maximum atomic E-state index is 12.5. The minimum absolute atomic E-state index is 0.309. The van der Waals surface area contributed by atoms with Crippen LogP contribution in [0.3, 0.4) is 0 Å². The highest BCUT2D eigenvalue weighted by molar-refractivity contribution is 7.12. The molecule has 0 saturated carbocycles. The maximum Gasteiger partial charge on any atom is 0.401 e. The number of pyridine rings is 1. The summed E-state index contributed by atoms with van der Waals surface area (Å²) in [5.74, 6) is 0.929. The summed E-state index contributed by atoms with van der Waals surface area (Å²) in [5.41, 5.74) is 0.513. The molecule has 158 valence electrons. The van der Waals surface area contributed by atoms with Crippen molar-refractivity contribution in [2.45, 2.75) is 6.18 Å². The van der Waals surface area contributed by atoms with Gasteiger partial charge in [-0.25, -0.2) is 15.0 Å². The molecule has 3 aromatic heterocycles. The van der Waals surface area contributed by atoms with Gasteiger partial charge in [0.15, 0.2) is 5.01 Å². The third kappa shape index (κ3) is 4.94. The number of piperazine rings is 1. The molecule has 1 aliphatic rings. The van der Waals surface area contributed by atoms with E-state index in [2.05, 4.69) is 20.3 Å². The van der Waals surface area contributed by atoms with E-state index in [0.29, 0.717) is 48.5 Å². The Kier molecular flexibility index (Phi) is 5.68. The van der Waals surface area contributed by atoms with Gasteiger partial charge in [-0.2, -0.15) is 13.2 Å². The molecule has 1 amide bonds. The van der Waals surface area contributed by atoms with E-state index in [-0.39, 0.29) is 5.91 Å². The third-order valence-corrected chi connectivity index (χ3v) is 5.39. The van der Waals surface area contributed by atoms with Crippen LogP contribution in [0.5, 0.6) is 0 Å². The summed E-state index contributed by atoms with van der Waals surface area (Å²) in [6.07, 6.45) is 2.31. The van der Waals surface area contributed by atoms with Crippen molar-refractivity contribution in [3.8, 4) is 5.82 Å². The molecule has 1 saturated heterocycles. The number of hydrogen-bond acceptors (Lipinski definition) is 7. The summed E-state index contributed by atoms with van der Waals surface area (Å²) in [5, 5.41) is 4.82.